The summed E-state index contributed by atoms with van der Waals surface area (Å²) in [5.41, 5.74) is 2.36. The van der Waals surface area contributed by atoms with E-state index in [1.165, 1.54) is 5.56 Å². The summed E-state index contributed by atoms with van der Waals surface area (Å²) >= 11 is 0. The highest BCUT2D eigenvalue weighted by molar-refractivity contribution is 5.47. The van der Waals surface area contributed by atoms with E-state index in [0.29, 0.717) is 5.92 Å². The third kappa shape index (κ3) is 10.5. The smallest absolute Gasteiger partial charge is 0.0245 e. The van der Waals surface area contributed by atoms with Crippen molar-refractivity contribution in [2.75, 3.05) is 0 Å². The van der Waals surface area contributed by atoms with Gasteiger partial charge in [0, 0.05) is 11.5 Å². The second-order valence-corrected chi connectivity index (χ2v) is 4.70. The van der Waals surface area contributed by atoms with Crippen LogP contribution in [0, 0.1) is 17.8 Å². The maximum Gasteiger partial charge on any atom is 0.0245 e. The molecule has 0 N–H and O–H groups in total. The highest BCUT2D eigenvalue weighted by atomic mass is 13.9. The summed E-state index contributed by atoms with van der Waals surface area (Å²) in [6.07, 6.45) is 4.12. The van der Waals surface area contributed by atoms with E-state index in [9.17, 15) is 0 Å². The molecule has 0 aliphatic heterocycles. The minimum Gasteiger partial charge on any atom is -0.0951 e. The van der Waals surface area contributed by atoms with Gasteiger partial charge in [0.25, 0.3) is 0 Å². The van der Waals surface area contributed by atoms with Crippen molar-refractivity contribution in [2.45, 2.75) is 34.6 Å². The van der Waals surface area contributed by atoms with Crippen LogP contribution in [0.25, 0.3) is 6.08 Å². The van der Waals surface area contributed by atoms with Crippen LogP contribution in [-0.4, -0.2) is 0 Å². The van der Waals surface area contributed by atoms with Gasteiger partial charge in [-0.25, -0.2) is 0 Å². The summed E-state index contributed by atoms with van der Waals surface area (Å²) in [7, 11) is 0. The lowest BCUT2D eigenvalue weighted by molar-refractivity contribution is 0.866. The van der Waals surface area contributed by atoms with Crippen molar-refractivity contribution in [2.24, 2.45) is 5.92 Å². The molecule has 0 spiro atoms. The Morgan fingerprint density at radius 3 is 1.77 bits per heavy atom. The number of hydrogen-bond acceptors (Lipinski definition) is 0. The van der Waals surface area contributed by atoms with Gasteiger partial charge in [-0.05, 0) is 24.6 Å². The van der Waals surface area contributed by atoms with Gasteiger partial charge >= 0.3 is 0 Å². The third-order valence-corrected chi connectivity index (χ3v) is 2.44. The molecular formula is C22H28. The molecule has 0 heterocycles. The van der Waals surface area contributed by atoms with Gasteiger partial charge in [0.15, 0.2) is 0 Å². The largest absolute Gasteiger partial charge is 0.0951 e. The van der Waals surface area contributed by atoms with Crippen molar-refractivity contribution in [3.8, 4) is 11.8 Å². The minimum atomic E-state index is 0.454. The van der Waals surface area contributed by atoms with E-state index in [4.69, 9.17) is 0 Å². The number of rotatable bonds is 1. The topological polar surface area (TPSA) is 0 Å². The van der Waals surface area contributed by atoms with Crippen LogP contribution in [0.1, 0.15) is 45.7 Å². The van der Waals surface area contributed by atoms with Crippen molar-refractivity contribution in [3.05, 3.63) is 77.9 Å². The summed E-state index contributed by atoms with van der Waals surface area (Å²) < 4.78 is 0. The van der Waals surface area contributed by atoms with Gasteiger partial charge in [-0.3, -0.25) is 0 Å². The Morgan fingerprint density at radius 1 is 0.818 bits per heavy atom. The van der Waals surface area contributed by atoms with E-state index in [0.717, 1.165) is 5.56 Å². The van der Waals surface area contributed by atoms with Crippen molar-refractivity contribution in [1.82, 2.24) is 0 Å². The van der Waals surface area contributed by atoms with Crippen LogP contribution in [0.3, 0.4) is 0 Å². The molecule has 0 unspecified atom stereocenters. The fourth-order valence-electron chi connectivity index (χ4n) is 1.51. The Labute approximate surface area is 136 Å². The third-order valence-electron chi connectivity index (χ3n) is 2.44. The summed E-state index contributed by atoms with van der Waals surface area (Å²) in [6.45, 7) is 10.2. The van der Waals surface area contributed by atoms with Gasteiger partial charge in [-0.2, -0.15) is 0 Å². The molecule has 0 bridgehead atoms. The molecule has 116 valence electrons. The van der Waals surface area contributed by atoms with E-state index < -0.39 is 0 Å². The first kappa shape index (κ1) is 19.7. The van der Waals surface area contributed by atoms with Crippen molar-refractivity contribution >= 4 is 6.08 Å². The molecule has 0 nitrogen and oxygen atoms in total. The van der Waals surface area contributed by atoms with Crippen molar-refractivity contribution in [1.29, 1.82) is 0 Å². The Balaban J connectivity index is 0.000000366. The highest BCUT2D eigenvalue weighted by Crippen LogP contribution is 1.99. The number of hydrogen-bond donors (Lipinski definition) is 0. The molecule has 2 aromatic rings. The Bertz CT molecular complexity index is 551. The van der Waals surface area contributed by atoms with Gasteiger partial charge in [-0.15, -0.1) is 0 Å². The first-order valence-corrected chi connectivity index (χ1v) is 7.96. The normalized spacial score (nSPS) is 9.00. The average molecular weight is 292 g/mol. The summed E-state index contributed by atoms with van der Waals surface area (Å²) in [5, 5.41) is 0. The van der Waals surface area contributed by atoms with Crippen LogP contribution < -0.4 is 0 Å². The van der Waals surface area contributed by atoms with E-state index in [1.807, 2.05) is 75.4 Å². The molecule has 22 heavy (non-hydrogen) atoms. The molecule has 0 aromatic heterocycles. The molecule has 0 radical (unpaired) electrons. The van der Waals surface area contributed by atoms with Crippen LogP contribution in [0.2, 0.25) is 0 Å². The summed E-state index contributed by atoms with van der Waals surface area (Å²) in [5.74, 6) is 6.66. The summed E-state index contributed by atoms with van der Waals surface area (Å²) in [6, 6.07) is 20.3. The van der Waals surface area contributed by atoms with Crippen LogP contribution in [-0.2, 0) is 0 Å². The molecule has 0 fully saturated rings. The Morgan fingerprint density at radius 2 is 1.32 bits per heavy atom. The molecule has 2 rings (SSSR count). The number of benzene rings is 2. The second-order valence-electron chi connectivity index (χ2n) is 4.70. The maximum absolute atomic E-state index is 3.11. The number of allylic oxidation sites excluding steroid dienone is 1. The molecule has 2 aromatic carbocycles. The molecule has 0 atom stereocenters. The lowest BCUT2D eigenvalue weighted by Crippen LogP contribution is -1.78. The fraction of sp³-hybridized carbons (Fsp3) is 0.273. The lowest BCUT2D eigenvalue weighted by atomic mass is 10.2. The first-order chi connectivity index (χ1) is 10.7. The Kier molecular flexibility index (Phi) is 12.3. The molecule has 0 saturated carbocycles. The predicted octanol–water partition coefficient (Wildman–Crippen LogP) is 6.44. The lowest BCUT2D eigenvalue weighted by Gasteiger charge is -1.88. The zero-order chi connectivity index (χ0) is 16.6. The van der Waals surface area contributed by atoms with Gasteiger partial charge in [-0.1, -0.05) is 100 Å². The summed E-state index contributed by atoms with van der Waals surface area (Å²) in [4.78, 5) is 0. The first-order valence-electron chi connectivity index (χ1n) is 7.96. The van der Waals surface area contributed by atoms with Gasteiger partial charge in [0.1, 0.15) is 0 Å². The zero-order valence-electron chi connectivity index (χ0n) is 14.5. The molecular weight excluding hydrogens is 264 g/mol. The fourth-order valence-corrected chi connectivity index (χ4v) is 1.51. The maximum atomic E-state index is 3.11. The van der Waals surface area contributed by atoms with E-state index in [2.05, 4.69) is 43.9 Å². The van der Waals surface area contributed by atoms with E-state index >= 15 is 0 Å². The second kappa shape index (κ2) is 13.7. The minimum absolute atomic E-state index is 0.454. The molecule has 0 saturated heterocycles. The monoisotopic (exact) mass is 292 g/mol. The average Bonchev–Trinajstić information content (AvgIpc) is 2.58. The van der Waals surface area contributed by atoms with Crippen LogP contribution in [0.4, 0.5) is 0 Å². The van der Waals surface area contributed by atoms with Crippen LogP contribution in [0.5, 0.6) is 0 Å². The molecule has 0 amide bonds. The molecule has 0 heteroatoms. The van der Waals surface area contributed by atoms with Gasteiger partial charge in [0.2, 0.25) is 0 Å². The van der Waals surface area contributed by atoms with Gasteiger partial charge < -0.3 is 0 Å². The highest BCUT2D eigenvalue weighted by Gasteiger charge is 1.83. The van der Waals surface area contributed by atoms with Crippen molar-refractivity contribution in [3.63, 3.8) is 0 Å². The van der Waals surface area contributed by atoms with Gasteiger partial charge in [0.05, 0.1) is 0 Å². The SMILES string of the molecule is C/C=C/c1ccccc1.CC.CC(C)C#Cc1ccccc1. The zero-order valence-corrected chi connectivity index (χ0v) is 14.5. The van der Waals surface area contributed by atoms with Crippen molar-refractivity contribution < 1.29 is 0 Å². The van der Waals surface area contributed by atoms with E-state index in [-0.39, 0.29) is 0 Å². The molecule has 0 aliphatic carbocycles. The quantitative estimate of drug-likeness (QED) is 0.530. The van der Waals surface area contributed by atoms with E-state index in [1.54, 1.807) is 0 Å². The van der Waals surface area contributed by atoms with Crippen LogP contribution >= 0.6 is 0 Å². The molecule has 0 aliphatic rings. The van der Waals surface area contributed by atoms with Crippen LogP contribution in [0.15, 0.2) is 66.7 Å². The predicted molar refractivity (Wildman–Crippen MR) is 101 cm³/mol. The Hall–Kier alpha value is -2.26. The standard InChI is InChI=1S/C11H12.C9H10.C2H6/c1-10(2)8-9-11-6-4-3-5-7-11;1-2-6-9-7-4-3-5-8-9;1-2/h3-7,10H,1-2H3;2-8H,1H3;1-2H3/b;6-2+;.